The van der Waals surface area contributed by atoms with Gasteiger partial charge in [0.2, 0.25) is 5.13 Å². The predicted octanol–water partition coefficient (Wildman–Crippen LogP) is 4.68. The molecule has 0 spiro atoms. The Morgan fingerprint density at radius 3 is 2.41 bits per heavy atom. The minimum Gasteiger partial charge on any atom is -0.423 e. The van der Waals surface area contributed by atoms with Gasteiger partial charge in [-0.2, -0.15) is 5.10 Å². The summed E-state index contributed by atoms with van der Waals surface area (Å²) in [6.45, 7) is 0. The Morgan fingerprint density at radius 1 is 0.919 bits per heavy atom. The number of esters is 1. The van der Waals surface area contributed by atoms with E-state index in [0.717, 1.165) is 22.5 Å². The third kappa shape index (κ3) is 7.50. The fourth-order valence-electron chi connectivity index (χ4n) is 2.92. The number of hydrogen-bond acceptors (Lipinski definition) is 8. The van der Waals surface area contributed by atoms with Crippen LogP contribution in [0.3, 0.4) is 0 Å². The number of hydrogen-bond donors (Lipinski definition) is 2. The maximum Gasteiger partial charge on any atom is 0.336 e. The number of rotatable bonds is 7. The molecule has 1 aromatic heterocycles. The van der Waals surface area contributed by atoms with E-state index < -0.39 is 17.8 Å². The molecule has 37 heavy (non-hydrogen) atoms. The van der Waals surface area contributed by atoms with Crippen molar-refractivity contribution in [2.45, 2.75) is 0 Å². The molecule has 2 amide bonds. The normalized spacial score (nSPS) is 10.9. The second-order valence-corrected chi connectivity index (χ2v) is 9.17. The highest BCUT2D eigenvalue weighted by Gasteiger charge is 2.16. The predicted molar refractivity (Wildman–Crippen MR) is 145 cm³/mol. The summed E-state index contributed by atoms with van der Waals surface area (Å²) in [4.78, 5) is 36.7. The maximum absolute atomic E-state index is 12.3. The summed E-state index contributed by atoms with van der Waals surface area (Å²) in [6.07, 6.45) is 4.20. The quantitative estimate of drug-likeness (QED) is 0.0823. The molecular formula is C26H18BrN5O4S. The Kier molecular flexibility index (Phi) is 8.63. The standard InChI is InChI=1S/C26H18BrN5O4S/c27-20-12-13-21(36-22(33)14-11-17-7-3-1-4-8-17)19(15-20)16-28-30-24(35)23(34)29-26-32-31-25(37-26)18-9-5-2-6-10-18/h1-16H,(H,30,35)(H,29,32,34). The van der Waals surface area contributed by atoms with Crippen LogP contribution in [-0.4, -0.2) is 34.2 Å². The maximum atomic E-state index is 12.3. The highest BCUT2D eigenvalue weighted by Crippen LogP contribution is 2.26. The van der Waals surface area contributed by atoms with Crippen molar-refractivity contribution < 1.29 is 19.1 Å². The molecule has 0 saturated heterocycles. The van der Waals surface area contributed by atoms with Crippen molar-refractivity contribution in [3.8, 4) is 16.3 Å². The number of nitrogens with zero attached hydrogens (tertiary/aromatic N) is 3. The van der Waals surface area contributed by atoms with Gasteiger partial charge in [-0.3, -0.25) is 14.9 Å². The molecule has 0 radical (unpaired) electrons. The number of halogens is 1. The lowest BCUT2D eigenvalue weighted by atomic mass is 10.2. The highest BCUT2D eigenvalue weighted by atomic mass is 79.9. The second kappa shape index (κ2) is 12.5. The number of hydrazone groups is 1. The molecular weight excluding hydrogens is 558 g/mol. The second-order valence-electron chi connectivity index (χ2n) is 7.28. The van der Waals surface area contributed by atoms with E-state index in [4.69, 9.17) is 4.74 Å². The zero-order chi connectivity index (χ0) is 26.0. The van der Waals surface area contributed by atoms with Crippen molar-refractivity contribution in [2.75, 3.05) is 5.32 Å². The number of carbonyl (C=O) groups is 3. The highest BCUT2D eigenvalue weighted by molar-refractivity contribution is 9.10. The molecule has 9 nitrogen and oxygen atoms in total. The topological polar surface area (TPSA) is 123 Å². The van der Waals surface area contributed by atoms with Gasteiger partial charge in [-0.1, -0.05) is 87.9 Å². The van der Waals surface area contributed by atoms with Crippen LogP contribution in [0, 0.1) is 0 Å². The third-order valence-corrected chi connectivity index (χ3v) is 6.02. The van der Waals surface area contributed by atoms with Crippen LogP contribution >= 0.6 is 27.3 Å². The zero-order valence-electron chi connectivity index (χ0n) is 19.0. The summed E-state index contributed by atoms with van der Waals surface area (Å²) in [6, 6.07) is 23.5. The van der Waals surface area contributed by atoms with Gasteiger partial charge >= 0.3 is 17.8 Å². The lowest BCUT2D eigenvalue weighted by Gasteiger charge is -2.06. The Morgan fingerprint density at radius 2 is 1.65 bits per heavy atom. The van der Waals surface area contributed by atoms with Gasteiger partial charge in [-0.25, -0.2) is 10.2 Å². The van der Waals surface area contributed by atoms with Crippen LogP contribution in [0.5, 0.6) is 5.75 Å². The summed E-state index contributed by atoms with van der Waals surface area (Å²) in [5.74, 6) is -2.33. The molecule has 2 N–H and O–H groups in total. The summed E-state index contributed by atoms with van der Waals surface area (Å²) in [5, 5.41) is 14.9. The van der Waals surface area contributed by atoms with Crippen LogP contribution in [-0.2, 0) is 14.4 Å². The van der Waals surface area contributed by atoms with E-state index in [2.05, 4.69) is 42.0 Å². The summed E-state index contributed by atoms with van der Waals surface area (Å²) in [7, 11) is 0. The average Bonchev–Trinajstić information content (AvgIpc) is 3.38. The SMILES string of the molecule is O=C(C=Cc1ccccc1)Oc1ccc(Br)cc1C=NNC(=O)C(=O)Nc1nnc(-c2ccccc2)s1. The number of nitrogens with one attached hydrogen (secondary N) is 2. The zero-order valence-corrected chi connectivity index (χ0v) is 21.4. The van der Waals surface area contributed by atoms with Crippen molar-refractivity contribution in [3.05, 3.63) is 101 Å². The molecule has 0 atom stereocenters. The Labute approximate surface area is 224 Å². The van der Waals surface area contributed by atoms with Crippen LogP contribution in [0.2, 0.25) is 0 Å². The fraction of sp³-hybridized carbons (Fsp3) is 0. The lowest BCUT2D eigenvalue weighted by Crippen LogP contribution is -2.32. The number of aromatic nitrogens is 2. The van der Waals surface area contributed by atoms with Crippen LogP contribution < -0.4 is 15.5 Å². The molecule has 4 rings (SSSR count). The van der Waals surface area contributed by atoms with Gasteiger partial charge in [-0.15, -0.1) is 10.2 Å². The molecule has 184 valence electrons. The van der Waals surface area contributed by atoms with Crippen molar-refractivity contribution in [1.29, 1.82) is 0 Å². The first kappa shape index (κ1) is 25.6. The number of amides is 2. The Bertz CT molecular complexity index is 1470. The van der Waals surface area contributed by atoms with E-state index in [1.54, 1.807) is 24.3 Å². The van der Waals surface area contributed by atoms with Gasteiger partial charge < -0.3 is 4.74 Å². The number of ether oxygens (including phenoxy) is 1. The van der Waals surface area contributed by atoms with Gasteiger partial charge in [-0.05, 0) is 29.8 Å². The van der Waals surface area contributed by atoms with Gasteiger partial charge in [0.15, 0.2) is 0 Å². The van der Waals surface area contributed by atoms with E-state index >= 15 is 0 Å². The van der Waals surface area contributed by atoms with Crippen LogP contribution in [0.25, 0.3) is 16.6 Å². The Balaban J connectivity index is 1.35. The first-order valence-corrected chi connectivity index (χ1v) is 12.4. The number of anilines is 1. The molecule has 0 unspecified atom stereocenters. The smallest absolute Gasteiger partial charge is 0.336 e. The molecule has 0 bridgehead atoms. The van der Waals surface area contributed by atoms with Crippen molar-refractivity contribution in [3.63, 3.8) is 0 Å². The van der Waals surface area contributed by atoms with Gasteiger partial charge in [0, 0.05) is 21.7 Å². The first-order valence-electron chi connectivity index (χ1n) is 10.8. The largest absolute Gasteiger partial charge is 0.423 e. The van der Waals surface area contributed by atoms with E-state index in [1.165, 1.54) is 12.3 Å². The fourth-order valence-corrected chi connectivity index (χ4v) is 4.04. The minimum atomic E-state index is -1.01. The summed E-state index contributed by atoms with van der Waals surface area (Å²) in [5.41, 5.74) is 4.23. The third-order valence-electron chi connectivity index (χ3n) is 4.64. The molecule has 0 aliphatic carbocycles. The monoisotopic (exact) mass is 575 g/mol. The Hall–Kier alpha value is -4.48. The van der Waals surface area contributed by atoms with E-state index in [1.807, 2.05) is 60.7 Å². The lowest BCUT2D eigenvalue weighted by molar-refractivity contribution is -0.136. The van der Waals surface area contributed by atoms with E-state index in [-0.39, 0.29) is 10.9 Å². The molecule has 0 saturated carbocycles. The van der Waals surface area contributed by atoms with Gasteiger partial charge in [0.1, 0.15) is 10.8 Å². The molecule has 4 aromatic rings. The molecule has 3 aromatic carbocycles. The van der Waals surface area contributed by atoms with Gasteiger partial charge in [0.25, 0.3) is 0 Å². The van der Waals surface area contributed by atoms with Gasteiger partial charge in [0.05, 0.1) is 6.21 Å². The molecule has 0 aliphatic heterocycles. The van der Waals surface area contributed by atoms with E-state index in [9.17, 15) is 14.4 Å². The molecule has 0 fully saturated rings. The minimum absolute atomic E-state index is 0.174. The summed E-state index contributed by atoms with van der Waals surface area (Å²) < 4.78 is 6.10. The van der Waals surface area contributed by atoms with Crippen molar-refractivity contribution in [1.82, 2.24) is 15.6 Å². The molecule has 11 heteroatoms. The van der Waals surface area contributed by atoms with E-state index in [0.29, 0.717) is 15.0 Å². The van der Waals surface area contributed by atoms with Crippen LogP contribution in [0.4, 0.5) is 5.13 Å². The van der Waals surface area contributed by atoms with Crippen LogP contribution in [0.1, 0.15) is 11.1 Å². The van der Waals surface area contributed by atoms with Crippen LogP contribution in [0.15, 0.2) is 94.5 Å². The molecule has 1 heterocycles. The molecule has 0 aliphatic rings. The average molecular weight is 576 g/mol. The number of carbonyl (C=O) groups excluding carboxylic acids is 3. The van der Waals surface area contributed by atoms with Crippen molar-refractivity contribution >= 4 is 62.5 Å². The van der Waals surface area contributed by atoms with Crippen molar-refractivity contribution in [2.24, 2.45) is 5.10 Å². The first-order chi connectivity index (χ1) is 18.0. The number of benzene rings is 3. The summed E-state index contributed by atoms with van der Waals surface area (Å²) >= 11 is 4.48.